The molecule has 2 heterocycles. The first-order chi connectivity index (χ1) is 9.65. The minimum atomic E-state index is 0.393. The molecular weight excluding hydrogens is 290 g/mol. The third kappa shape index (κ3) is 3.58. The molecule has 0 fully saturated rings. The third-order valence-electron chi connectivity index (χ3n) is 3.01. The van der Waals surface area contributed by atoms with Crippen molar-refractivity contribution in [2.24, 2.45) is 5.73 Å². The number of rotatable bonds is 7. The number of hydrogen-bond donors (Lipinski definition) is 1. The van der Waals surface area contributed by atoms with Crippen molar-refractivity contribution in [1.82, 2.24) is 4.98 Å². The molecule has 0 bridgehead atoms. The van der Waals surface area contributed by atoms with E-state index < -0.39 is 0 Å². The van der Waals surface area contributed by atoms with Crippen molar-refractivity contribution in [2.75, 3.05) is 12.0 Å². The third-order valence-corrected chi connectivity index (χ3v) is 5.03. The molecule has 2 aromatic rings. The van der Waals surface area contributed by atoms with E-state index in [-0.39, 0.29) is 0 Å². The maximum atomic E-state index is 5.80. The topological polar surface area (TPSA) is 51.4 Å². The van der Waals surface area contributed by atoms with Crippen LogP contribution in [0, 0.1) is 0 Å². The van der Waals surface area contributed by atoms with E-state index in [9.17, 15) is 0 Å². The van der Waals surface area contributed by atoms with E-state index >= 15 is 0 Å². The Balaban J connectivity index is 2.24. The van der Waals surface area contributed by atoms with Gasteiger partial charge in [0.05, 0.1) is 18.8 Å². The summed E-state index contributed by atoms with van der Waals surface area (Å²) in [4.78, 5) is 9.49. The highest BCUT2D eigenvalue weighted by Crippen LogP contribution is 2.30. The lowest BCUT2D eigenvalue weighted by Gasteiger charge is -2.25. The van der Waals surface area contributed by atoms with Crippen LogP contribution in [-0.2, 0) is 24.4 Å². The Hall–Kier alpha value is -0.950. The number of anilines is 1. The fraction of sp³-hybridized carbons (Fsp3) is 0.500. The summed E-state index contributed by atoms with van der Waals surface area (Å²) in [5.41, 5.74) is 6.77. The van der Waals surface area contributed by atoms with Crippen LogP contribution in [0.5, 0.6) is 0 Å². The number of methoxy groups -OCH3 is 1. The first-order valence-corrected chi connectivity index (χ1v) is 8.32. The van der Waals surface area contributed by atoms with Crippen LogP contribution < -0.4 is 10.6 Å². The molecule has 0 radical (unpaired) electrons. The van der Waals surface area contributed by atoms with Gasteiger partial charge in [0, 0.05) is 29.5 Å². The zero-order valence-electron chi connectivity index (χ0n) is 12.1. The molecule has 0 atom stereocenters. The Bertz CT molecular complexity index is 523. The van der Waals surface area contributed by atoms with Crippen LogP contribution in [0.25, 0.3) is 0 Å². The SMILES string of the molecule is COCc1nc(N(Cc2cccs2)C(C)C)sc1CN. The van der Waals surface area contributed by atoms with Crippen LogP contribution in [0.3, 0.4) is 0 Å². The van der Waals surface area contributed by atoms with Crippen molar-refractivity contribution in [3.63, 3.8) is 0 Å². The van der Waals surface area contributed by atoms with Gasteiger partial charge < -0.3 is 15.4 Å². The van der Waals surface area contributed by atoms with Gasteiger partial charge in [0.2, 0.25) is 0 Å². The van der Waals surface area contributed by atoms with Crippen LogP contribution in [-0.4, -0.2) is 18.1 Å². The van der Waals surface area contributed by atoms with Crippen LogP contribution in [0.1, 0.15) is 29.3 Å². The summed E-state index contributed by atoms with van der Waals surface area (Å²) in [6, 6.07) is 4.64. The first kappa shape index (κ1) is 15.4. The van der Waals surface area contributed by atoms with Crippen LogP contribution in [0.2, 0.25) is 0 Å². The van der Waals surface area contributed by atoms with Crippen LogP contribution in [0.15, 0.2) is 17.5 Å². The van der Waals surface area contributed by atoms with E-state index in [1.165, 1.54) is 4.88 Å². The van der Waals surface area contributed by atoms with E-state index in [2.05, 4.69) is 36.3 Å². The molecular formula is C14H21N3OS2. The second kappa shape index (κ2) is 7.17. The van der Waals surface area contributed by atoms with E-state index in [1.807, 2.05) is 0 Å². The molecule has 0 unspecified atom stereocenters. The van der Waals surface area contributed by atoms with Gasteiger partial charge in [0.1, 0.15) is 0 Å². The van der Waals surface area contributed by atoms with Gasteiger partial charge in [-0.1, -0.05) is 6.07 Å². The van der Waals surface area contributed by atoms with E-state index in [0.717, 1.165) is 22.2 Å². The molecule has 2 aromatic heterocycles. The van der Waals surface area contributed by atoms with E-state index in [1.54, 1.807) is 29.8 Å². The predicted octanol–water partition coefficient (Wildman–Crippen LogP) is 3.22. The number of hydrogen-bond acceptors (Lipinski definition) is 6. The maximum absolute atomic E-state index is 5.80. The fourth-order valence-corrected chi connectivity index (χ4v) is 3.72. The van der Waals surface area contributed by atoms with Gasteiger partial charge in [-0.3, -0.25) is 0 Å². The highest BCUT2D eigenvalue weighted by atomic mass is 32.1. The van der Waals surface area contributed by atoms with Gasteiger partial charge in [-0.2, -0.15) is 0 Å². The Labute approximate surface area is 128 Å². The molecule has 110 valence electrons. The van der Waals surface area contributed by atoms with Gasteiger partial charge >= 0.3 is 0 Å². The van der Waals surface area contributed by atoms with Crippen molar-refractivity contribution in [3.8, 4) is 0 Å². The summed E-state index contributed by atoms with van der Waals surface area (Å²) >= 11 is 3.45. The quantitative estimate of drug-likeness (QED) is 0.853. The summed E-state index contributed by atoms with van der Waals surface area (Å²) in [5.74, 6) is 0. The van der Waals surface area contributed by atoms with E-state index in [4.69, 9.17) is 15.5 Å². The van der Waals surface area contributed by atoms with Crippen molar-refractivity contribution >= 4 is 27.8 Å². The molecule has 0 aliphatic rings. The monoisotopic (exact) mass is 311 g/mol. The number of nitrogens with zero attached hydrogens (tertiary/aromatic N) is 2. The Morgan fingerprint density at radius 2 is 2.25 bits per heavy atom. The fourth-order valence-electron chi connectivity index (χ4n) is 1.94. The average molecular weight is 311 g/mol. The number of thiazole rings is 1. The lowest BCUT2D eigenvalue weighted by Crippen LogP contribution is -2.29. The Morgan fingerprint density at radius 3 is 2.80 bits per heavy atom. The van der Waals surface area contributed by atoms with Crippen molar-refractivity contribution < 1.29 is 4.74 Å². The van der Waals surface area contributed by atoms with Crippen LogP contribution in [0.4, 0.5) is 5.13 Å². The minimum Gasteiger partial charge on any atom is -0.378 e. The van der Waals surface area contributed by atoms with Crippen molar-refractivity contribution in [2.45, 2.75) is 39.6 Å². The zero-order valence-corrected chi connectivity index (χ0v) is 13.8. The normalized spacial score (nSPS) is 11.2. The lowest BCUT2D eigenvalue weighted by molar-refractivity contribution is 0.181. The molecule has 0 saturated carbocycles. The Kier molecular flexibility index (Phi) is 5.54. The summed E-state index contributed by atoms with van der Waals surface area (Å²) in [6.45, 7) is 6.30. The minimum absolute atomic E-state index is 0.393. The highest BCUT2D eigenvalue weighted by molar-refractivity contribution is 7.15. The standard InChI is InChI=1S/C14H21N3OS2/c1-10(2)17(8-11-5-4-6-19-11)14-16-12(9-18-3)13(7-15)20-14/h4-6,10H,7-9,15H2,1-3H3. The largest absolute Gasteiger partial charge is 0.378 e. The lowest BCUT2D eigenvalue weighted by atomic mass is 10.3. The number of thiophene rings is 1. The zero-order chi connectivity index (χ0) is 14.5. The van der Waals surface area contributed by atoms with Gasteiger partial charge in [0.25, 0.3) is 0 Å². The summed E-state index contributed by atoms with van der Waals surface area (Å²) < 4.78 is 5.20. The number of nitrogens with two attached hydrogens (primary N) is 1. The maximum Gasteiger partial charge on any atom is 0.186 e. The summed E-state index contributed by atoms with van der Waals surface area (Å²) in [5, 5.41) is 3.14. The molecule has 0 aliphatic heterocycles. The number of ether oxygens (including phenoxy) is 1. The summed E-state index contributed by atoms with van der Waals surface area (Å²) in [6.07, 6.45) is 0. The molecule has 0 aliphatic carbocycles. The van der Waals surface area contributed by atoms with Gasteiger partial charge in [0.15, 0.2) is 5.13 Å². The molecule has 0 amide bonds. The Morgan fingerprint density at radius 1 is 1.45 bits per heavy atom. The van der Waals surface area contributed by atoms with Crippen LogP contribution >= 0.6 is 22.7 Å². The molecule has 0 spiro atoms. The number of aromatic nitrogens is 1. The summed E-state index contributed by atoms with van der Waals surface area (Å²) in [7, 11) is 1.69. The molecule has 0 saturated heterocycles. The van der Waals surface area contributed by atoms with Gasteiger partial charge in [-0.15, -0.1) is 22.7 Å². The average Bonchev–Trinajstić information content (AvgIpc) is 3.05. The first-order valence-electron chi connectivity index (χ1n) is 6.62. The van der Waals surface area contributed by atoms with E-state index in [0.29, 0.717) is 19.2 Å². The second-order valence-corrected chi connectivity index (χ2v) is 6.90. The predicted molar refractivity (Wildman–Crippen MR) is 86.4 cm³/mol. The van der Waals surface area contributed by atoms with Crippen molar-refractivity contribution in [3.05, 3.63) is 33.0 Å². The van der Waals surface area contributed by atoms with Gasteiger partial charge in [-0.25, -0.2) is 4.98 Å². The smallest absolute Gasteiger partial charge is 0.186 e. The second-order valence-electron chi connectivity index (χ2n) is 4.80. The molecule has 0 aromatic carbocycles. The molecule has 20 heavy (non-hydrogen) atoms. The van der Waals surface area contributed by atoms with Crippen molar-refractivity contribution in [1.29, 1.82) is 0 Å². The highest BCUT2D eigenvalue weighted by Gasteiger charge is 2.18. The molecule has 4 nitrogen and oxygen atoms in total. The molecule has 2 rings (SSSR count). The molecule has 2 N–H and O–H groups in total. The van der Waals surface area contributed by atoms with Gasteiger partial charge in [-0.05, 0) is 25.3 Å². The molecule has 6 heteroatoms.